The number of hydrogen-bond donors (Lipinski definition) is 1. The maximum atomic E-state index is 11.4. The van der Waals surface area contributed by atoms with Gasteiger partial charge in [0.05, 0.1) is 6.10 Å². The zero-order valence-corrected chi connectivity index (χ0v) is 10.6. The van der Waals surface area contributed by atoms with Gasteiger partial charge in [0.15, 0.2) is 0 Å². The van der Waals surface area contributed by atoms with Crippen molar-refractivity contribution >= 4 is 11.8 Å². The zero-order valence-electron chi connectivity index (χ0n) is 10.6. The third kappa shape index (κ3) is 8.41. The lowest BCUT2D eigenvalue weighted by Gasteiger charge is -2.19. The van der Waals surface area contributed by atoms with E-state index in [2.05, 4.69) is 0 Å². The van der Waals surface area contributed by atoms with Crippen LogP contribution in [-0.2, 0) is 14.3 Å². The van der Waals surface area contributed by atoms with E-state index in [1.165, 1.54) is 0 Å². The first kappa shape index (κ1) is 15.1. The van der Waals surface area contributed by atoms with E-state index in [1.807, 2.05) is 6.92 Å². The molecule has 1 atom stereocenters. The molecule has 0 heterocycles. The average Bonchev–Trinajstić information content (AvgIpc) is 1.98. The molecule has 0 aromatic carbocycles. The van der Waals surface area contributed by atoms with E-state index in [-0.39, 0.29) is 18.6 Å². The van der Waals surface area contributed by atoms with Crippen LogP contribution in [0.25, 0.3) is 0 Å². The Hall–Kier alpha value is -0.900. The van der Waals surface area contributed by atoms with Crippen LogP contribution >= 0.6 is 0 Å². The van der Waals surface area contributed by atoms with E-state index in [0.717, 1.165) is 6.42 Å². The van der Waals surface area contributed by atoms with Crippen molar-refractivity contribution in [2.75, 3.05) is 0 Å². The van der Waals surface area contributed by atoms with Crippen LogP contribution in [0, 0.1) is 0 Å². The van der Waals surface area contributed by atoms with Gasteiger partial charge in [0.2, 0.25) is 0 Å². The summed E-state index contributed by atoms with van der Waals surface area (Å²) in [6.45, 7) is 7.19. The molecule has 0 saturated heterocycles. The molecule has 0 bridgehead atoms. The molecule has 0 fully saturated rings. The molecule has 0 radical (unpaired) electrons. The van der Waals surface area contributed by atoms with Crippen LogP contribution in [0.5, 0.6) is 0 Å². The molecule has 0 spiro atoms. The van der Waals surface area contributed by atoms with E-state index in [4.69, 9.17) is 4.74 Å². The number of carbonyl (C=O) groups is 2. The second-order valence-electron chi connectivity index (χ2n) is 4.95. The Morgan fingerprint density at radius 3 is 2.31 bits per heavy atom. The molecule has 4 heteroatoms. The molecule has 0 aromatic heterocycles. The van der Waals surface area contributed by atoms with Crippen molar-refractivity contribution in [3.8, 4) is 0 Å². The van der Waals surface area contributed by atoms with Crippen molar-refractivity contribution in [1.29, 1.82) is 0 Å². The second kappa shape index (κ2) is 6.63. The highest BCUT2D eigenvalue weighted by Gasteiger charge is 2.20. The normalized spacial score (nSPS) is 13.3. The van der Waals surface area contributed by atoms with Crippen molar-refractivity contribution in [3.63, 3.8) is 0 Å². The fourth-order valence-electron chi connectivity index (χ4n) is 1.31. The van der Waals surface area contributed by atoms with Gasteiger partial charge in [-0.1, -0.05) is 13.3 Å². The summed E-state index contributed by atoms with van der Waals surface area (Å²) >= 11 is 0. The maximum absolute atomic E-state index is 11.4. The van der Waals surface area contributed by atoms with Crippen molar-refractivity contribution in [2.24, 2.45) is 0 Å². The quantitative estimate of drug-likeness (QED) is 0.558. The molecule has 0 aliphatic heterocycles. The number of rotatable bonds is 6. The Morgan fingerprint density at radius 2 is 1.88 bits per heavy atom. The summed E-state index contributed by atoms with van der Waals surface area (Å²) in [5, 5.41) is 9.39. The first-order chi connectivity index (χ1) is 7.24. The first-order valence-corrected chi connectivity index (χ1v) is 5.66. The molecule has 0 saturated carbocycles. The molecular weight excluding hydrogens is 208 g/mol. The molecule has 0 aromatic rings. The standard InChI is InChI=1S/C12H22O4/c1-5-6-9(13)7-10(14)8-11(15)16-12(2,3)4/h9,13H,5-8H2,1-4H3/t9-/m1/s1. The van der Waals surface area contributed by atoms with Crippen molar-refractivity contribution in [3.05, 3.63) is 0 Å². The predicted molar refractivity (Wildman–Crippen MR) is 61.0 cm³/mol. The topological polar surface area (TPSA) is 63.6 Å². The summed E-state index contributed by atoms with van der Waals surface area (Å²) in [5.41, 5.74) is -0.570. The molecule has 16 heavy (non-hydrogen) atoms. The van der Waals surface area contributed by atoms with Crippen molar-refractivity contribution in [1.82, 2.24) is 0 Å². The summed E-state index contributed by atoms with van der Waals surface area (Å²) in [6, 6.07) is 0. The second-order valence-corrected chi connectivity index (χ2v) is 4.95. The Kier molecular flexibility index (Phi) is 6.26. The fourth-order valence-corrected chi connectivity index (χ4v) is 1.31. The third-order valence-electron chi connectivity index (χ3n) is 1.85. The Labute approximate surface area is 97.0 Å². The van der Waals surface area contributed by atoms with Gasteiger partial charge in [-0.15, -0.1) is 0 Å². The molecule has 0 amide bonds. The van der Waals surface area contributed by atoms with Crippen LogP contribution in [0.15, 0.2) is 0 Å². The smallest absolute Gasteiger partial charge is 0.313 e. The highest BCUT2D eigenvalue weighted by Crippen LogP contribution is 2.10. The Balaban J connectivity index is 3.92. The number of aliphatic hydroxyl groups is 1. The number of hydrogen-bond acceptors (Lipinski definition) is 4. The first-order valence-electron chi connectivity index (χ1n) is 5.66. The van der Waals surface area contributed by atoms with E-state index in [9.17, 15) is 14.7 Å². The lowest BCUT2D eigenvalue weighted by atomic mass is 10.1. The minimum atomic E-state index is -0.639. The van der Waals surface area contributed by atoms with Crippen molar-refractivity contribution < 1.29 is 19.4 Å². The van der Waals surface area contributed by atoms with Gasteiger partial charge in [0.1, 0.15) is 17.8 Å². The number of ether oxygens (including phenoxy) is 1. The molecular formula is C12H22O4. The molecule has 0 aliphatic rings. The predicted octanol–water partition coefficient (Wildman–Crippen LogP) is 1.84. The van der Waals surface area contributed by atoms with Crippen LogP contribution in [0.4, 0.5) is 0 Å². The number of esters is 1. The van der Waals surface area contributed by atoms with Gasteiger partial charge < -0.3 is 9.84 Å². The third-order valence-corrected chi connectivity index (χ3v) is 1.85. The fraction of sp³-hybridized carbons (Fsp3) is 0.833. The summed E-state index contributed by atoms with van der Waals surface area (Å²) < 4.78 is 5.01. The Morgan fingerprint density at radius 1 is 1.31 bits per heavy atom. The van der Waals surface area contributed by atoms with Gasteiger partial charge in [-0.25, -0.2) is 0 Å². The number of aliphatic hydroxyl groups excluding tert-OH is 1. The largest absolute Gasteiger partial charge is 0.460 e. The van der Waals surface area contributed by atoms with Crippen molar-refractivity contribution in [2.45, 2.75) is 65.1 Å². The van der Waals surface area contributed by atoms with Crippen LogP contribution < -0.4 is 0 Å². The summed E-state index contributed by atoms with van der Waals surface area (Å²) in [4.78, 5) is 22.6. The number of carbonyl (C=O) groups excluding carboxylic acids is 2. The van der Waals surface area contributed by atoms with Gasteiger partial charge in [0.25, 0.3) is 0 Å². The molecule has 0 unspecified atom stereocenters. The number of Topliss-reactive ketones (excluding diaryl/α,β-unsaturated/α-hetero) is 1. The van der Waals surface area contributed by atoms with Crippen LogP contribution in [0.3, 0.4) is 0 Å². The van der Waals surface area contributed by atoms with E-state index in [0.29, 0.717) is 6.42 Å². The summed E-state index contributed by atoms with van der Waals surface area (Å²) in [7, 11) is 0. The van der Waals surface area contributed by atoms with E-state index < -0.39 is 17.7 Å². The lowest BCUT2D eigenvalue weighted by molar-refractivity contribution is -0.156. The minimum Gasteiger partial charge on any atom is -0.460 e. The van der Waals surface area contributed by atoms with Gasteiger partial charge in [-0.3, -0.25) is 9.59 Å². The van der Waals surface area contributed by atoms with Gasteiger partial charge in [-0.2, -0.15) is 0 Å². The zero-order chi connectivity index (χ0) is 12.8. The molecule has 0 rings (SSSR count). The molecule has 4 nitrogen and oxygen atoms in total. The number of ketones is 1. The van der Waals surface area contributed by atoms with Crippen LogP contribution in [-0.4, -0.2) is 28.6 Å². The van der Waals surface area contributed by atoms with Gasteiger partial charge in [0, 0.05) is 6.42 Å². The highest BCUT2D eigenvalue weighted by molar-refractivity contribution is 5.95. The van der Waals surface area contributed by atoms with Crippen LogP contribution in [0.1, 0.15) is 53.4 Å². The molecule has 0 aliphatic carbocycles. The van der Waals surface area contributed by atoms with E-state index in [1.54, 1.807) is 20.8 Å². The monoisotopic (exact) mass is 230 g/mol. The molecule has 1 N–H and O–H groups in total. The lowest BCUT2D eigenvalue weighted by Crippen LogP contribution is -2.26. The SMILES string of the molecule is CCC[C@@H](O)CC(=O)CC(=O)OC(C)(C)C. The summed E-state index contributed by atoms with van der Waals surface area (Å²) in [5.74, 6) is -0.795. The Bertz CT molecular complexity index is 240. The van der Waals surface area contributed by atoms with E-state index >= 15 is 0 Å². The maximum Gasteiger partial charge on any atom is 0.313 e. The highest BCUT2D eigenvalue weighted by atomic mass is 16.6. The van der Waals surface area contributed by atoms with Crippen LogP contribution in [0.2, 0.25) is 0 Å². The van der Waals surface area contributed by atoms with Gasteiger partial charge >= 0.3 is 5.97 Å². The summed E-state index contributed by atoms with van der Waals surface area (Å²) in [6.07, 6.45) is 0.548. The average molecular weight is 230 g/mol. The minimum absolute atomic E-state index is 0.0348. The van der Waals surface area contributed by atoms with Gasteiger partial charge in [-0.05, 0) is 27.2 Å². The molecule has 94 valence electrons.